The summed E-state index contributed by atoms with van der Waals surface area (Å²) in [4.78, 5) is 33.5. The Balaban J connectivity index is 1.50. The lowest BCUT2D eigenvalue weighted by Crippen LogP contribution is -2.47. The van der Waals surface area contributed by atoms with Gasteiger partial charge in [-0.05, 0) is 43.2 Å². The third-order valence-electron chi connectivity index (χ3n) is 6.18. The molecule has 0 spiro atoms. The Morgan fingerprint density at radius 1 is 1.24 bits per heavy atom. The number of pyridine rings is 1. The van der Waals surface area contributed by atoms with Crippen molar-refractivity contribution in [1.82, 2.24) is 20.1 Å². The van der Waals surface area contributed by atoms with E-state index in [9.17, 15) is 18.4 Å². The lowest BCUT2D eigenvalue weighted by molar-refractivity contribution is -0.135. The molecule has 0 saturated carbocycles. The Morgan fingerprint density at radius 3 is 2.59 bits per heavy atom. The van der Waals surface area contributed by atoms with Gasteiger partial charge in [-0.15, -0.1) is 10.2 Å². The zero-order chi connectivity index (χ0) is 26.5. The van der Waals surface area contributed by atoms with Crippen molar-refractivity contribution in [2.75, 3.05) is 36.5 Å². The summed E-state index contributed by atoms with van der Waals surface area (Å²) in [6, 6.07) is 8.49. The van der Waals surface area contributed by atoms with Crippen LogP contribution in [-0.2, 0) is 16.1 Å². The van der Waals surface area contributed by atoms with Gasteiger partial charge in [0, 0.05) is 37.4 Å². The number of benzene rings is 1. The molecule has 1 saturated heterocycles. The summed E-state index contributed by atoms with van der Waals surface area (Å²) in [5, 5.41) is 16.5. The number of nitrogens with zero attached hydrogens (tertiary/aromatic N) is 6. The van der Waals surface area contributed by atoms with Gasteiger partial charge in [0.05, 0.1) is 29.2 Å². The van der Waals surface area contributed by atoms with Crippen molar-refractivity contribution in [2.45, 2.75) is 31.9 Å². The zero-order valence-corrected chi connectivity index (χ0v) is 20.7. The van der Waals surface area contributed by atoms with E-state index in [-0.39, 0.29) is 17.8 Å². The van der Waals surface area contributed by atoms with Crippen molar-refractivity contribution in [3.8, 4) is 11.5 Å². The minimum absolute atomic E-state index is 0.0480. The van der Waals surface area contributed by atoms with Crippen LogP contribution in [0, 0.1) is 0 Å². The number of aromatic nitrogens is 3. The molecule has 1 aliphatic heterocycles. The number of hydrogen-bond acceptors (Lipinski definition) is 8. The van der Waals surface area contributed by atoms with E-state index in [1.807, 2.05) is 11.9 Å². The molecule has 1 N–H and O–H groups in total. The normalized spacial score (nSPS) is 14.2. The zero-order valence-electron chi connectivity index (χ0n) is 19.9. The third-order valence-corrected chi connectivity index (χ3v) is 6.42. The van der Waals surface area contributed by atoms with Crippen LogP contribution in [-0.4, -0.2) is 70.3 Å². The van der Waals surface area contributed by atoms with Crippen LogP contribution in [0.25, 0.3) is 11.5 Å². The molecule has 0 unspecified atom stereocenters. The Morgan fingerprint density at radius 2 is 2.00 bits per heavy atom. The number of aliphatic hydroxyl groups excluding tert-OH is 1. The highest BCUT2D eigenvalue weighted by Crippen LogP contribution is 2.35. The fourth-order valence-electron chi connectivity index (χ4n) is 4.27. The Labute approximate surface area is 216 Å². The maximum Gasteiger partial charge on any atom is 0.314 e. The maximum atomic E-state index is 12.7. The van der Waals surface area contributed by atoms with Crippen molar-refractivity contribution in [2.24, 2.45) is 0 Å². The standard InChI is InChI=1S/C24H25ClF2N6O4/c1-31(12-17-4-2-15(11-28-17)23-29-30-24(37-23)22(26)27)20-10-16(25)3-5-19(20)33(14-35)18-6-8-32(9-7-18)21(36)13-34/h2-5,10-11,14,18,22,34H,6-9,12-13H2,1H3. The number of rotatable bonds is 9. The quantitative estimate of drug-likeness (QED) is 0.416. The predicted octanol–water partition coefficient (Wildman–Crippen LogP) is 3.31. The number of aliphatic hydroxyl groups is 1. The molecule has 0 atom stereocenters. The van der Waals surface area contributed by atoms with Crippen LogP contribution >= 0.6 is 11.6 Å². The van der Waals surface area contributed by atoms with E-state index in [4.69, 9.17) is 21.1 Å². The number of carbonyl (C=O) groups is 2. The summed E-state index contributed by atoms with van der Waals surface area (Å²) in [5.41, 5.74) is 2.44. The molecule has 2 amide bonds. The van der Waals surface area contributed by atoms with Gasteiger partial charge in [-0.3, -0.25) is 14.6 Å². The second-order valence-electron chi connectivity index (χ2n) is 8.56. The van der Waals surface area contributed by atoms with E-state index in [1.54, 1.807) is 40.1 Å². The molecule has 3 aromatic rings. The van der Waals surface area contributed by atoms with Crippen LogP contribution in [0.15, 0.2) is 40.9 Å². The fraction of sp³-hybridized carbons (Fsp3) is 0.375. The van der Waals surface area contributed by atoms with Gasteiger partial charge in [0.1, 0.15) is 6.61 Å². The molecule has 0 radical (unpaired) electrons. The van der Waals surface area contributed by atoms with Crippen molar-refractivity contribution in [3.63, 3.8) is 0 Å². The number of amides is 2. The summed E-state index contributed by atoms with van der Waals surface area (Å²) in [6.07, 6.45) is 0.532. The van der Waals surface area contributed by atoms with E-state index in [0.717, 1.165) is 6.41 Å². The number of likely N-dealkylation sites (tertiary alicyclic amines) is 1. The SMILES string of the molecule is CN(Cc1ccc(-c2nnc(C(F)F)o2)cn1)c1cc(Cl)ccc1N(C=O)C1CCN(C(=O)CO)CC1. The first-order chi connectivity index (χ1) is 17.8. The first kappa shape index (κ1) is 26.4. The van der Waals surface area contributed by atoms with Gasteiger partial charge >= 0.3 is 6.43 Å². The number of alkyl halides is 2. The molecular weight excluding hydrogens is 510 g/mol. The molecule has 1 aromatic carbocycles. The lowest BCUT2D eigenvalue weighted by atomic mass is 10.0. The summed E-state index contributed by atoms with van der Waals surface area (Å²) in [6.45, 7) is 0.718. The van der Waals surface area contributed by atoms with E-state index >= 15 is 0 Å². The molecule has 1 aliphatic rings. The summed E-state index contributed by atoms with van der Waals surface area (Å²) in [7, 11) is 1.84. The number of anilines is 2. The number of hydrogen-bond donors (Lipinski definition) is 1. The molecule has 1 fully saturated rings. The number of halogens is 3. The van der Waals surface area contributed by atoms with Crippen molar-refractivity contribution >= 4 is 35.3 Å². The van der Waals surface area contributed by atoms with E-state index in [0.29, 0.717) is 60.1 Å². The molecule has 2 aromatic heterocycles. The summed E-state index contributed by atoms with van der Waals surface area (Å²) in [5.74, 6) is -1.12. The molecule has 196 valence electrons. The second kappa shape index (κ2) is 11.6. The first-order valence-electron chi connectivity index (χ1n) is 11.5. The third kappa shape index (κ3) is 6.03. The Hall–Kier alpha value is -3.64. The van der Waals surface area contributed by atoms with E-state index in [2.05, 4.69) is 15.2 Å². The van der Waals surface area contributed by atoms with Crippen molar-refractivity contribution in [1.29, 1.82) is 0 Å². The van der Waals surface area contributed by atoms with E-state index in [1.165, 1.54) is 6.20 Å². The van der Waals surface area contributed by atoms with Crippen molar-refractivity contribution < 1.29 is 27.9 Å². The van der Waals surface area contributed by atoms with E-state index < -0.39 is 18.9 Å². The van der Waals surface area contributed by atoms with Gasteiger partial charge in [0.25, 0.3) is 5.89 Å². The average Bonchev–Trinajstić information content (AvgIpc) is 3.41. The molecule has 3 heterocycles. The topological polar surface area (TPSA) is 116 Å². The molecule has 37 heavy (non-hydrogen) atoms. The lowest BCUT2D eigenvalue weighted by Gasteiger charge is -2.38. The monoisotopic (exact) mass is 534 g/mol. The maximum absolute atomic E-state index is 12.7. The predicted molar refractivity (Wildman–Crippen MR) is 131 cm³/mol. The van der Waals surface area contributed by atoms with Crippen LogP contribution in [0.3, 0.4) is 0 Å². The van der Waals surface area contributed by atoms with Crippen LogP contribution in [0.1, 0.15) is 30.9 Å². The minimum Gasteiger partial charge on any atom is -0.415 e. The Bertz CT molecular complexity index is 1230. The van der Waals surface area contributed by atoms with Gasteiger partial charge in [-0.25, -0.2) is 0 Å². The van der Waals surface area contributed by atoms with Crippen molar-refractivity contribution in [3.05, 3.63) is 53.1 Å². The highest BCUT2D eigenvalue weighted by Gasteiger charge is 2.28. The first-order valence-corrected chi connectivity index (χ1v) is 11.9. The molecule has 0 bridgehead atoms. The summed E-state index contributed by atoms with van der Waals surface area (Å²) >= 11 is 6.29. The fourth-order valence-corrected chi connectivity index (χ4v) is 4.43. The molecule has 4 rings (SSSR count). The minimum atomic E-state index is -2.85. The highest BCUT2D eigenvalue weighted by atomic mass is 35.5. The average molecular weight is 535 g/mol. The molecule has 0 aliphatic carbocycles. The largest absolute Gasteiger partial charge is 0.415 e. The molecular formula is C24H25ClF2N6O4. The summed E-state index contributed by atoms with van der Waals surface area (Å²) < 4.78 is 30.4. The van der Waals surface area contributed by atoms with Gasteiger partial charge < -0.3 is 24.2 Å². The molecule has 10 nitrogen and oxygen atoms in total. The second-order valence-corrected chi connectivity index (χ2v) is 8.99. The number of carbonyl (C=O) groups excluding carboxylic acids is 2. The van der Waals surface area contributed by atoms with Gasteiger partial charge in [0.2, 0.25) is 18.2 Å². The Kier molecular flexibility index (Phi) is 8.29. The van der Waals surface area contributed by atoms with Crippen LogP contribution in [0.4, 0.5) is 20.2 Å². The number of piperidine rings is 1. The van der Waals surface area contributed by atoms with Gasteiger partial charge in [0.15, 0.2) is 0 Å². The van der Waals surface area contributed by atoms with Crippen LogP contribution in [0.2, 0.25) is 5.02 Å². The highest BCUT2D eigenvalue weighted by molar-refractivity contribution is 6.31. The van der Waals surface area contributed by atoms with Crippen LogP contribution < -0.4 is 9.80 Å². The smallest absolute Gasteiger partial charge is 0.314 e. The van der Waals surface area contributed by atoms with Gasteiger partial charge in [-0.2, -0.15) is 8.78 Å². The van der Waals surface area contributed by atoms with Gasteiger partial charge in [-0.1, -0.05) is 11.6 Å². The molecule has 13 heteroatoms. The van der Waals surface area contributed by atoms with Crippen LogP contribution in [0.5, 0.6) is 0 Å².